The van der Waals surface area contributed by atoms with Gasteiger partial charge in [0.15, 0.2) is 0 Å². The summed E-state index contributed by atoms with van der Waals surface area (Å²) in [5, 5.41) is 4.16. The number of nitrogens with zero attached hydrogens (tertiary/aromatic N) is 1. The van der Waals surface area contributed by atoms with Gasteiger partial charge >= 0.3 is 5.69 Å². The van der Waals surface area contributed by atoms with Gasteiger partial charge in [-0.05, 0) is 48.7 Å². The Hall–Kier alpha value is -3.28. The molecule has 2 aromatic heterocycles. The molecular formula is C22H24N4O2. The molecular weight excluding hydrogens is 352 g/mol. The van der Waals surface area contributed by atoms with Crippen molar-refractivity contribution >= 4 is 27.8 Å². The van der Waals surface area contributed by atoms with Gasteiger partial charge in [0.2, 0.25) is 5.91 Å². The highest BCUT2D eigenvalue weighted by Gasteiger charge is 2.10. The van der Waals surface area contributed by atoms with E-state index >= 15 is 0 Å². The zero-order chi connectivity index (χ0) is 19.7. The lowest BCUT2D eigenvalue weighted by atomic mass is 10.1. The number of nitrogens with one attached hydrogen (secondary N) is 3. The SMILES string of the molecule is CCc1[nH]c2ccc(CNC(=O)CCn3c(=O)[nH]c4ccccc43)cc2c1C. The molecule has 0 fully saturated rings. The molecule has 4 rings (SSSR count). The van der Waals surface area contributed by atoms with Crippen molar-refractivity contribution in [1.82, 2.24) is 19.9 Å². The Bertz CT molecular complexity index is 1210. The molecule has 0 unspecified atom stereocenters. The van der Waals surface area contributed by atoms with E-state index in [2.05, 4.69) is 41.3 Å². The van der Waals surface area contributed by atoms with Gasteiger partial charge in [-0.15, -0.1) is 0 Å². The zero-order valence-electron chi connectivity index (χ0n) is 16.1. The number of aryl methyl sites for hydroxylation is 3. The fourth-order valence-corrected chi connectivity index (χ4v) is 3.72. The van der Waals surface area contributed by atoms with E-state index in [-0.39, 0.29) is 18.0 Å². The van der Waals surface area contributed by atoms with Gasteiger partial charge in [0.1, 0.15) is 0 Å². The molecule has 0 saturated heterocycles. The van der Waals surface area contributed by atoms with E-state index in [4.69, 9.17) is 0 Å². The summed E-state index contributed by atoms with van der Waals surface area (Å²) in [5.74, 6) is -0.0719. The van der Waals surface area contributed by atoms with E-state index in [1.54, 1.807) is 4.57 Å². The number of benzene rings is 2. The number of carbonyl (C=O) groups is 1. The van der Waals surface area contributed by atoms with Gasteiger partial charge in [-0.3, -0.25) is 9.36 Å². The number of imidazole rings is 1. The van der Waals surface area contributed by atoms with E-state index in [1.165, 1.54) is 16.6 Å². The molecule has 3 N–H and O–H groups in total. The van der Waals surface area contributed by atoms with Crippen LogP contribution in [0.1, 0.15) is 30.2 Å². The topological polar surface area (TPSA) is 82.7 Å². The van der Waals surface area contributed by atoms with Crippen LogP contribution in [0.4, 0.5) is 0 Å². The zero-order valence-corrected chi connectivity index (χ0v) is 16.1. The number of carbonyl (C=O) groups excluding carboxylic acids is 1. The molecule has 0 aliphatic rings. The van der Waals surface area contributed by atoms with Gasteiger partial charge < -0.3 is 15.3 Å². The first-order valence-electron chi connectivity index (χ1n) is 9.61. The van der Waals surface area contributed by atoms with E-state index in [9.17, 15) is 9.59 Å². The summed E-state index contributed by atoms with van der Waals surface area (Å²) in [7, 11) is 0. The third kappa shape index (κ3) is 3.33. The second kappa shape index (κ2) is 7.38. The Morgan fingerprint density at radius 3 is 2.75 bits per heavy atom. The summed E-state index contributed by atoms with van der Waals surface area (Å²) in [6.45, 7) is 5.09. The summed E-state index contributed by atoms with van der Waals surface area (Å²) in [6.07, 6.45) is 1.23. The van der Waals surface area contributed by atoms with Gasteiger partial charge in [-0.25, -0.2) is 4.79 Å². The van der Waals surface area contributed by atoms with Crippen molar-refractivity contribution in [3.05, 3.63) is 69.8 Å². The first-order chi connectivity index (χ1) is 13.6. The predicted octanol–water partition coefficient (Wildman–Crippen LogP) is 3.39. The third-order valence-corrected chi connectivity index (χ3v) is 5.31. The Kier molecular flexibility index (Phi) is 4.77. The van der Waals surface area contributed by atoms with Crippen LogP contribution in [-0.2, 0) is 24.3 Å². The molecule has 0 spiro atoms. The number of rotatable bonds is 6. The maximum atomic E-state index is 12.3. The average Bonchev–Trinajstić information content (AvgIpc) is 3.20. The van der Waals surface area contributed by atoms with Crippen molar-refractivity contribution in [2.75, 3.05) is 0 Å². The Labute approximate surface area is 162 Å². The molecule has 0 aliphatic heterocycles. The Morgan fingerprint density at radius 1 is 1.11 bits per heavy atom. The highest BCUT2D eigenvalue weighted by atomic mass is 16.2. The largest absolute Gasteiger partial charge is 0.358 e. The van der Waals surface area contributed by atoms with Crippen molar-refractivity contribution in [1.29, 1.82) is 0 Å². The number of para-hydroxylation sites is 2. The van der Waals surface area contributed by atoms with E-state index in [0.717, 1.165) is 28.5 Å². The normalized spacial score (nSPS) is 11.4. The van der Waals surface area contributed by atoms with Crippen molar-refractivity contribution in [2.24, 2.45) is 0 Å². The van der Waals surface area contributed by atoms with Crippen LogP contribution in [0.25, 0.3) is 21.9 Å². The molecule has 0 aliphatic carbocycles. The fourth-order valence-electron chi connectivity index (χ4n) is 3.72. The van der Waals surface area contributed by atoms with Crippen molar-refractivity contribution in [2.45, 2.75) is 39.8 Å². The summed E-state index contributed by atoms with van der Waals surface area (Å²) in [5.41, 5.74) is 6.13. The van der Waals surface area contributed by atoms with Crippen LogP contribution in [0.2, 0.25) is 0 Å². The summed E-state index contributed by atoms with van der Waals surface area (Å²) in [6, 6.07) is 13.7. The number of hydrogen-bond donors (Lipinski definition) is 3. The molecule has 2 heterocycles. The number of hydrogen-bond acceptors (Lipinski definition) is 2. The fraction of sp³-hybridized carbons (Fsp3) is 0.273. The smallest absolute Gasteiger partial charge is 0.326 e. The van der Waals surface area contributed by atoms with E-state index < -0.39 is 0 Å². The predicted molar refractivity (Wildman–Crippen MR) is 111 cm³/mol. The molecule has 4 aromatic rings. The van der Waals surface area contributed by atoms with Gasteiger partial charge in [-0.1, -0.05) is 25.1 Å². The lowest BCUT2D eigenvalue weighted by Gasteiger charge is -2.07. The van der Waals surface area contributed by atoms with Gasteiger partial charge in [0.25, 0.3) is 0 Å². The Balaban J connectivity index is 1.40. The highest BCUT2D eigenvalue weighted by Crippen LogP contribution is 2.23. The van der Waals surface area contributed by atoms with Crippen LogP contribution >= 0.6 is 0 Å². The van der Waals surface area contributed by atoms with E-state index in [1.807, 2.05) is 30.3 Å². The standard InChI is InChI=1S/C22H24N4O2/c1-3-17-14(2)16-12-15(8-9-18(16)24-17)13-23-21(27)10-11-26-20-7-5-4-6-19(20)25-22(26)28/h4-9,12,24H,3,10-11,13H2,1-2H3,(H,23,27)(H,25,28). The average molecular weight is 376 g/mol. The number of H-pyrrole nitrogens is 2. The third-order valence-electron chi connectivity index (χ3n) is 5.31. The molecule has 6 nitrogen and oxygen atoms in total. The number of aromatic nitrogens is 3. The molecule has 0 radical (unpaired) electrons. The monoisotopic (exact) mass is 376 g/mol. The van der Waals surface area contributed by atoms with Gasteiger partial charge in [0, 0.05) is 36.1 Å². The quantitative estimate of drug-likeness (QED) is 0.482. The first-order valence-corrected chi connectivity index (χ1v) is 9.61. The minimum absolute atomic E-state index is 0.0719. The summed E-state index contributed by atoms with van der Waals surface area (Å²) < 4.78 is 1.61. The molecule has 1 amide bonds. The van der Waals surface area contributed by atoms with Gasteiger partial charge in [0.05, 0.1) is 11.0 Å². The first kappa shape index (κ1) is 18.1. The second-order valence-corrected chi connectivity index (χ2v) is 7.09. The van der Waals surface area contributed by atoms with Crippen LogP contribution in [0.3, 0.4) is 0 Å². The minimum atomic E-state index is -0.186. The van der Waals surface area contributed by atoms with Crippen molar-refractivity contribution in [3.8, 4) is 0 Å². The van der Waals surface area contributed by atoms with E-state index in [0.29, 0.717) is 13.1 Å². The molecule has 0 saturated carbocycles. The molecule has 2 aromatic carbocycles. The molecule has 0 atom stereocenters. The Morgan fingerprint density at radius 2 is 1.93 bits per heavy atom. The van der Waals surface area contributed by atoms with Crippen LogP contribution < -0.4 is 11.0 Å². The lowest BCUT2D eigenvalue weighted by Crippen LogP contribution is -2.26. The highest BCUT2D eigenvalue weighted by molar-refractivity contribution is 5.85. The minimum Gasteiger partial charge on any atom is -0.358 e. The van der Waals surface area contributed by atoms with Crippen molar-refractivity contribution < 1.29 is 4.79 Å². The summed E-state index contributed by atoms with van der Waals surface area (Å²) >= 11 is 0. The molecule has 6 heteroatoms. The maximum absolute atomic E-state index is 12.3. The van der Waals surface area contributed by atoms with Crippen LogP contribution in [0, 0.1) is 6.92 Å². The number of fused-ring (bicyclic) bond motifs is 2. The maximum Gasteiger partial charge on any atom is 0.326 e. The molecule has 0 bridgehead atoms. The molecule has 28 heavy (non-hydrogen) atoms. The van der Waals surface area contributed by atoms with Crippen LogP contribution in [0.5, 0.6) is 0 Å². The lowest BCUT2D eigenvalue weighted by molar-refractivity contribution is -0.121. The van der Waals surface area contributed by atoms with Gasteiger partial charge in [-0.2, -0.15) is 0 Å². The number of aromatic amines is 2. The van der Waals surface area contributed by atoms with Crippen molar-refractivity contribution in [3.63, 3.8) is 0 Å². The van der Waals surface area contributed by atoms with Crippen LogP contribution in [-0.4, -0.2) is 20.4 Å². The number of amides is 1. The summed E-state index contributed by atoms with van der Waals surface area (Å²) in [4.78, 5) is 30.6. The van der Waals surface area contributed by atoms with Crippen LogP contribution in [0.15, 0.2) is 47.3 Å². The molecule has 144 valence electrons. The second-order valence-electron chi connectivity index (χ2n) is 7.09.